The van der Waals surface area contributed by atoms with E-state index in [4.69, 9.17) is 0 Å². The van der Waals surface area contributed by atoms with E-state index in [2.05, 4.69) is 9.97 Å². The highest BCUT2D eigenvalue weighted by atomic mass is 16.3. The van der Waals surface area contributed by atoms with Crippen molar-refractivity contribution in [2.75, 3.05) is 6.54 Å². The van der Waals surface area contributed by atoms with Crippen LogP contribution in [0.1, 0.15) is 35.0 Å². The van der Waals surface area contributed by atoms with Crippen LogP contribution in [0.3, 0.4) is 0 Å². The molecule has 4 aromatic rings. The van der Waals surface area contributed by atoms with Crippen molar-refractivity contribution in [2.45, 2.75) is 32.9 Å². The molecule has 1 amide bonds. The third-order valence-electron chi connectivity index (χ3n) is 6.28. The molecule has 1 aliphatic rings. The molecule has 1 unspecified atom stereocenters. The minimum absolute atomic E-state index is 0.0944. The molecule has 8 nitrogen and oxygen atoms in total. The van der Waals surface area contributed by atoms with Crippen LogP contribution in [0.25, 0.3) is 11.4 Å². The quantitative estimate of drug-likeness (QED) is 0.202. The van der Waals surface area contributed by atoms with Crippen LogP contribution in [0.2, 0.25) is 0 Å². The molecule has 172 valence electrons. The third-order valence-corrected chi connectivity index (χ3v) is 6.28. The molecule has 5 rings (SSSR count). The number of imidazole rings is 2. The number of aliphatic hydroxyl groups is 1. The Hall–Kier alpha value is -4.20. The molecule has 1 aliphatic heterocycles. The first kappa shape index (κ1) is 21.6. The van der Waals surface area contributed by atoms with Crippen LogP contribution < -0.4 is 4.57 Å². The Balaban J connectivity index is 1.60. The molecule has 0 bridgehead atoms. The predicted octanol–water partition coefficient (Wildman–Crippen LogP) is 3.08. The summed E-state index contributed by atoms with van der Waals surface area (Å²) in [6.45, 7) is 4.84. The van der Waals surface area contributed by atoms with Gasteiger partial charge in [-0.05, 0) is 31.5 Å². The van der Waals surface area contributed by atoms with E-state index in [9.17, 15) is 14.7 Å². The van der Waals surface area contributed by atoms with Crippen LogP contribution in [0.5, 0.6) is 0 Å². The number of carbonyl (C=O) groups excluding carboxylic acids is 2. The Kier molecular flexibility index (Phi) is 5.49. The van der Waals surface area contributed by atoms with E-state index in [1.54, 1.807) is 22.4 Å². The second kappa shape index (κ2) is 8.62. The molecule has 8 heteroatoms. The number of aliphatic hydroxyl groups excluding tert-OH is 1. The van der Waals surface area contributed by atoms with Gasteiger partial charge in [0.25, 0.3) is 11.7 Å². The number of aromatic nitrogens is 4. The van der Waals surface area contributed by atoms with Gasteiger partial charge < -0.3 is 10.0 Å². The third kappa shape index (κ3) is 3.67. The Morgan fingerprint density at radius 1 is 1.15 bits per heavy atom. The van der Waals surface area contributed by atoms with Gasteiger partial charge in [0.15, 0.2) is 5.76 Å². The average Bonchev–Trinajstić information content (AvgIpc) is 3.52. The minimum atomic E-state index is -0.678. The highest BCUT2D eigenvalue weighted by Gasteiger charge is 2.46. The van der Waals surface area contributed by atoms with Gasteiger partial charge in [-0.1, -0.05) is 35.9 Å². The zero-order chi connectivity index (χ0) is 23.8. The molecular weight excluding hydrogens is 430 g/mol. The lowest BCUT2D eigenvalue weighted by atomic mass is 9.95. The molecule has 0 aliphatic carbocycles. The first-order valence-corrected chi connectivity index (χ1v) is 11.3. The molecular formula is C26H26N5O3+. The molecule has 0 radical (unpaired) electrons. The molecule has 1 saturated heterocycles. The number of H-pyrrole nitrogens is 1. The normalized spacial score (nSPS) is 17.7. The van der Waals surface area contributed by atoms with Gasteiger partial charge in [0, 0.05) is 19.2 Å². The van der Waals surface area contributed by atoms with Crippen LogP contribution >= 0.6 is 0 Å². The van der Waals surface area contributed by atoms with Gasteiger partial charge in [-0.25, -0.2) is 9.55 Å². The van der Waals surface area contributed by atoms with Crippen molar-refractivity contribution < 1.29 is 19.3 Å². The molecule has 0 saturated carbocycles. The number of rotatable bonds is 6. The smallest absolute Gasteiger partial charge is 0.295 e. The second-order valence-electron chi connectivity index (χ2n) is 8.58. The van der Waals surface area contributed by atoms with Gasteiger partial charge in [-0.2, -0.15) is 0 Å². The van der Waals surface area contributed by atoms with E-state index in [-0.39, 0.29) is 11.3 Å². The summed E-state index contributed by atoms with van der Waals surface area (Å²) in [5.74, 6) is -1.48. The summed E-state index contributed by atoms with van der Waals surface area (Å²) in [4.78, 5) is 35.6. The van der Waals surface area contributed by atoms with E-state index >= 15 is 0 Å². The predicted molar refractivity (Wildman–Crippen MR) is 126 cm³/mol. The lowest BCUT2D eigenvalue weighted by Gasteiger charge is -2.25. The summed E-state index contributed by atoms with van der Waals surface area (Å²) < 4.78 is 3.73. The van der Waals surface area contributed by atoms with Crippen LogP contribution in [-0.4, -0.2) is 42.6 Å². The molecule has 0 spiro atoms. The Morgan fingerprint density at radius 3 is 2.68 bits per heavy atom. The van der Waals surface area contributed by atoms with Crippen molar-refractivity contribution in [1.29, 1.82) is 0 Å². The fourth-order valence-electron chi connectivity index (χ4n) is 4.62. The van der Waals surface area contributed by atoms with Crippen LogP contribution in [0.4, 0.5) is 0 Å². The monoisotopic (exact) mass is 456 g/mol. The Morgan fingerprint density at radius 2 is 1.94 bits per heavy atom. The number of nitrogens with one attached hydrogen (secondary N) is 1. The maximum Gasteiger partial charge on any atom is 0.295 e. The van der Waals surface area contributed by atoms with Crippen molar-refractivity contribution >= 4 is 23.1 Å². The highest BCUT2D eigenvalue weighted by Crippen LogP contribution is 2.40. The summed E-state index contributed by atoms with van der Waals surface area (Å²) in [5, 5.41) is 11.5. The summed E-state index contributed by atoms with van der Waals surface area (Å²) in [6.07, 6.45) is 8.04. The van der Waals surface area contributed by atoms with Gasteiger partial charge in [-0.3, -0.25) is 19.0 Å². The number of Topliss-reactive ketones (excluding diaryl/α,β-unsaturated/α-hetero) is 1. The lowest BCUT2D eigenvalue weighted by molar-refractivity contribution is -0.695. The molecule has 3 aromatic heterocycles. The second-order valence-corrected chi connectivity index (χ2v) is 8.58. The number of fused-ring (bicyclic) bond motifs is 1. The van der Waals surface area contributed by atoms with Gasteiger partial charge in [-0.15, -0.1) is 0 Å². The largest absolute Gasteiger partial charge is 0.505 e. The van der Waals surface area contributed by atoms with Gasteiger partial charge >= 0.3 is 0 Å². The molecule has 1 atom stereocenters. The number of ketones is 1. The minimum Gasteiger partial charge on any atom is -0.505 e. The highest BCUT2D eigenvalue weighted by molar-refractivity contribution is 6.46. The van der Waals surface area contributed by atoms with Crippen molar-refractivity contribution in [3.8, 4) is 0 Å². The van der Waals surface area contributed by atoms with Crippen molar-refractivity contribution in [3.63, 3.8) is 0 Å². The number of hydrogen-bond acceptors (Lipinski definition) is 4. The van der Waals surface area contributed by atoms with E-state index in [0.29, 0.717) is 36.5 Å². The molecule has 1 aromatic carbocycles. The number of carbonyl (C=O) groups is 2. The summed E-state index contributed by atoms with van der Waals surface area (Å²) in [6, 6.07) is 12.6. The number of likely N-dealkylation sites (tertiary alicyclic amines) is 1. The van der Waals surface area contributed by atoms with Crippen LogP contribution in [0.15, 0.2) is 73.0 Å². The van der Waals surface area contributed by atoms with E-state index in [1.165, 1.54) is 0 Å². The topological polar surface area (TPSA) is 94.6 Å². The number of aromatic amines is 1. The maximum atomic E-state index is 13.3. The number of benzene rings is 1. The zero-order valence-corrected chi connectivity index (χ0v) is 19.1. The fraction of sp³-hybridized carbons (Fsp3) is 0.231. The first-order valence-electron chi connectivity index (χ1n) is 11.3. The van der Waals surface area contributed by atoms with Crippen molar-refractivity contribution in [2.24, 2.45) is 0 Å². The summed E-state index contributed by atoms with van der Waals surface area (Å²) in [7, 11) is 0. The fourth-order valence-corrected chi connectivity index (χ4v) is 4.62. The summed E-state index contributed by atoms with van der Waals surface area (Å²) >= 11 is 0. The van der Waals surface area contributed by atoms with Crippen LogP contribution in [-0.2, 0) is 16.1 Å². The van der Waals surface area contributed by atoms with Crippen LogP contribution in [0, 0.1) is 13.8 Å². The lowest BCUT2D eigenvalue weighted by Crippen LogP contribution is -2.36. The number of hydrogen-bond donors (Lipinski definition) is 2. The van der Waals surface area contributed by atoms with Gasteiger partial charge in [0.05, 0.1) is 23.9 Å². The molecule has 1 fully saturated rings. The maximum absolute atomic E-state index is 13.3. The number of aryl methyl sites for hydroxylation is 3. The van der Waals surface area contributed by atoms with E-state index in [0.717, 1.165) is 11.1 Å². The molecule has 4 heterocycles. The standard InChI is InChI=1S/C26H25N5O3/c1-17-7-9-19(10-8-17)23-21(24(32)22-18(2)28-20-6-3-4-13-30(20)22)25(33)26(34)31(23)14-5-12-29-15-11-27-16-29/h3-4,6-11,13,15-16,23H,5,12,14H2,1-2H3,(H,32,33)/p+1. The molecule has 2 N–H and O–H groups in total. The Bertz CT molecular complexity index is 1400. The van der Waals surface area contributed by atoms with Crippen molar-refractivity contribution in [1.82, 2.24) is 19.3 Å². The number of nitrogens with zero attached hydrogens (tertiary/aromatic N) is 4. The van der Waals surface area contributed by atoms with Gasteiger partial charge in [0.2, 0.25) is 6.33 Å². The van der Waals surface area contributed by atoms with Gasteiger partial charge in [0.1, 0.15) is 23.7 Å². The Labute approximate surface area is 196 Å². The first-order chi connectivity index (χ1) is 16.5. The van der Waals surface area contributed by atoms with E-state index in [1.807, 2.05) is 72.7 Å². The number of amides is 1. The average molecular weight is 457 g/mol. The van der Waals surface area contributed by atoms with Crippen molar-refractivity contribution in [3.05, 3.63) is 95.5 Å². The summed E-state index contributed by atoms with van der Waals surface area (Å²) in [5.41, 5.74) is 3.62. The zero-order valence-electron chi connectivity index (χ0n) is 19.1. The van der Waals surface area contributed by atoms with E-state index < -0.39 is 17.7 Å². The molecule has 34 heavy (non-hydrogen) atoms. The number of pyridine rings is 1. The SMILES string of the molecule is Cc1ccc(C2C(=C(O)c3c(C)nc4ccccn34)C(=O)C(=O)N2CCC[n+]2cc[nH]c2)cc1.